The van der Waals surface area contributed by atoms with E-state index in [0.717, 1.165) is 22.1 Å². The van der Waals surface area contributed by atoms with Crippen molar-refractivity contribution in [3.05, 3.63) is 72.3 Å². The van der Waals surface area contributed by atoms with Crippen LogP contribution in [0, 0.1) is 12.8 Å². The lowest BCUT2D eigenvalue weighted by Gasteiger charge is -2.30. The average molecular weight is 453 g/mol. The highest BCUT2D eigenvalue weighted by atomic mass is 32.2. The predicted octanol–water partition coefficient (Wildman–Crippen LogP) is 3.74. The lowest BCUT2D eigenvalue weighted by molar-refractivity contribution is -0.126. The van der Waals surface area contributed by atoms with Crippen molar-refractivity contribution in [1.29, 1.82) is 0 Å². The third kappa shape index (κ3) is 4.95. The average Bonchev–Trinajstić information content (AvgIpc) is 2.82. The van der Waals surface area contributed by atoms with Crippen molar-refractivity contribution in [2.45, 2.75) is 24.7 Å². The zero-order valence-corrected chi connectivity index (χ0v) is 19.0. The number of sulfonamides is 1. The van der Waals surface area contributed by atoms with Crippen LogP contribution in [0.1, 0.15) is 18.4 Å². The van der Waals surface area contributed by atoms with Crippen LogP contribution in [0.4, 0.5) is 0 Å². The second kappa shape index (κ2) is 9.71. The first-order valence-corrected chi connectivity index (χ1v) is 12.3. The van der Waals surface area contributed by atoms with E-state index in [-0.39, 0.29) is 11.8 Å². The van der Waals surface area contributed by atoms with Crippen LogP contribution in [-0.2, 0) is 14.8 Å². The van der Waals surface area contributed by atoms with Gasteiger partial charge in [-0.25, -0.2) is 8.42 Å². The van der Waals surface area contributed by atoms with Gasteiger partial charge in [0.25, 0.3) is 0 Å². The van der Waals surface area contributed by atoms with Crippen molar-refractivity contribution in [3.8, 4) is 5.75 Å². The topological polar surface area (TPSA) is 75.7 Å². The minimum Gasteiger partial charge on any atom is -0.491 e. The molecule has 4 rings (SSSR count). The van der Waals surface area contributed by atoms with Crippen LogP contribution in [-0.4, -0.2) is 44.9 Å². The van der Waals surface area contributed by atoms with E-state index in [4.69, 9.17) is 4.74 Å². The van der Waals surface area contributed by atoms with Crippen LogP contribution in [0.5, 0.6) is 5.75 Å². The van der Waals surface area contributed by atoms with Gasteiger partial charge in [0.15, 0.2) is 0 Å². The number of nitrogens with zero attached hydrogens (tertiary/aromatic N) is 1. The third-order valence-electron chi connectivity index (χ3n) is 5.89. The van der Waals surface area contributed by atoms with Gasteiger partial charge in [0, 0.05) is 24.4 Å². The van der Waals surface area contributed by atoms with Gasteiger partial charge >= 0.3 is 0 Å². The van der Waals surface area contributed by atoms with Gasteiger partial charge in [0.05, 0.1) is 11.4 Å². The molecule has 0 saturated carbocycles. The lowest BCUT2D eigenvalue weighted by atomic mass is 9.97. The van der Waals surface area contributed by atoms with Gasteiger partial charge in [0.2, 0.25) is 15.9 Å². The molecule has 0 aliphatic carbocycles. The number of piperidine rings is 1. The lowest BCUT2D eigenvalue weighted by Crippen LogP contribution is -2.43. The zero-order valence-electron chi connectivity index (χ0n) is 18.2. The van der Waals surface area contributed by atoms with Gasteiger partial charge in [-0.15, -0.1) is 0 Å². The summed E-state index contributed by atoms with van der Waals surface area (Å²) < 4.78 is 33.0. The van der Waals surface area contributed by atoms with Crippen LogP contribution in [0.3, 0.4) is 0 Å². The quantitative estimate of drug-likeness (QED) is 0.554. The van der Waals surface area contributed by atoms with Gasteiger partial charge in [-0.3, -0.25) is 4.79 Å². The number of benzene rings is 3. The maximum absolute atomic E-state index is 12.8. The molecule has 0 radical (unpaired) electrons. The van der Waals surface area contributed by atoms with Gasteiger partial charge < -0.3 is 10.1 Å². The first-order valence-electron chi connectivity index (χ1n) is 10.9. The molecular weight excluding hydrogens is 424 g/mol. The molecule has 1 saturated heterocycles. The van der Waals surface area contributed by atoms with Crippen molar-refractivity contribution < 1.29 is 17.9 Å². The molecule has 1 aliphatic heterocycles. The normalized spacial score (nSPS) is 15.5. The van der Waals surface area contributed by atoms with E-state index in [1.165, 1.54) is 4.31 Å². The molecule has 1 aliphatic rings. The maximum Gasteiger partial charge on any atom is 0.243 e. The molecule has 0 aromatic heterocycles. The Morgan fingerprint density at radius 3 is 2.44 bits per heavy atom. The minimum atomic E-state index is -3.52. The zero-order chi connectivity index (χ0) is 22.6. The fraction of sp³-hybridized carbons (Fsp3) is 0.320. The number of amides is 1. The fourth-order valence-corrected chi connectivity index (χ4v) is 5.49. The summed E-state index contributed by atoms with van der Waals surface area (Å²) in [6, 6.07) is 20.8. The highest BCUT2D eigenvalue weighted by Crippen LogP contribution is 2.26. The Morgan fingerprint density at radius 2 is 1.69 bits per heavy atom. The summed E-state index contributed by atoms with van der Waals surface area (Å²) in [5.41, 5.74) is 1.02. The molecule has 0 bridgehead atoms. The first kappa shape index (κ1) is 22.3. The van der Waals surface area contributed by atoms with Gasteiger partial charge in [-0.2, -0.15) is 4.31 Å². The van der Waals surface area contributed by atoms with Crippen molar-refractivity contribution in [1.82, 2.24) is 9.62 Å². The van der Waals surface area contributed by atoms with E-state index >= 15 is 0 Å². The molecule has 3 aromatic rings. The van der Waals surface area contributed by atoms with E-state index in [9.17, 15) is 13.2 Å². The van der Waals surface area contributed by atoms with Crippen LogP contribution in [0.2, 0.25) is 0 Å². The second-order valence-electron chi connectivity index (χ2n) is 8.11. The number of nitrogens with one attached hydrogen (secondary N) is 1. The Balaban J connectivity index is 1.24. The van der Waals surface area contributed by atoms with E-state index in [0.29, 0.717) is 44.0 Å². The van der Waals surface area contributed by atoms with Crippen molar-refractivity contribution in [2.75, 3.05) is 26.2 Å². The summed E-state index contributed by atoms with van der Waals surface area (Å²) in [6.07, 6.45) is 1.03. The van der Waals surface area contributed by atoms with Gasteiger partial charge in [-0.05, 0) is 43.4 Å². The number of carbonyl (C=O) groups excluding carboxylic acids is 1. The summed E-state index contributed by atoms with van der Waals surface area (Å²) >= 11 is 0. The summed E-state index contributed by atoms with van der Waals surface area (Å²) in [6.45, 7) is 3.40. The molecule has 1 fully saturated rings. The summed E-state index contributed by atoms with van der Waals surface area (Å²) in [4.78, 5) is 12.9. The predicted molar refractivity (Wildman–Crippen MR) is 125 cm³/mol. The summed E-state index contributed by atoms with van der Waals surface area (Å²) in [5, 5.41) is 5.09. The largest absolute Gasteiger partial charge is 0.491 e. The molecule has 0 atom stereocenters. The highest BCUT2D eigenvalue weighted by Gasteiger charge is 2.31. The Kier molecular flexibility index (Phi) is 6.77. The third-order valence-corrected chi connectivity index (χ3v) is 7.80. The Hall–Kier alpha value is -2.90. The molecule has 1 amide bonds. The Labute approximate surface area is 189 Å². The minimum absolute atomic E-state index is 0.0427. The number of hydrogen-bond donors (Lipinski definition) is 1. The smallest absolute Gasteiger partial charge is 0.243 e. The first-order chi connectivity index (χ1) is 15.4. The molecular formula is C25H28N2O4S. The number of rotatable bonds is 7. The molecule has 0 unspecified atom stereocenters. The van der Waals surface area contributed by atoms with E-state index in [2.05, 4.69) is 5.32 Å². The molecule has 168 valence electrons. The van der Waals surface area contributed by atoms with Crippen LogP contribution < -0.4 is 10.1 Å². The number of fused-ring (bicyclic) bond motifs is 1. The molecule has 1 heterocycles. The fourth-order valence-electron chi connectivity index (χ4n) is 4.02. The molecule has 3 aromatic carbocycles. The van der Waals surface area contributed by atoms with E-state index in [1.807, 2.05) is 49.4 Å². The van der Waals surface area contributed by atoms with Crippen molar-refractivity contribution in [3.63, 3.8) is 0 Å². The highest BCUT2D eigenvalue weighted by molar-refractivity contribution is 7.89. The monoisotopic (exact) mass is 452 g/mol. The van der Waals surface area contributed by atoms with Crippen molar-refractivity contribution in [2.24, 2.45) is 5.92 Å². The Morgan fingerprint density at radius 1 is 1.00 bits per heavy atom. The summed E-state index contributed by atoms with van der Waals surface area (Å²) in [7, 11) is -3.52. The standard InChI is InChI=1S/C25H28N2O4S/c1-19-9-11-22(12-10-19)32(29,30)27-16-13-21(14-17-27)25(28)26-15-18-31-24-8-4-6-20-5-2-3-7-23(20)24/h2-12,21H,13-18H2,1H3,(H,26,28). The van der Waals surface area contributed by atoms with Crippen molar-refractivity contribution >= 4 is 26.7 Å². The molecule has 32 heavy (non-hydrogen) atoms. The van der Waals surface area contributed by atoms with Crippen LogP contribution in [0.15, 0.2) is 71.6 Å². The van der Waals surface area contributed by atoms with E-state index in [1.54, 1.807) is 24.3 Å². The number of hydrogen-bond acceptors (Lipinski definition) is 4. The number of carbonyl (C=O) groups is 1. The van der Waals surface area contributed by atoms with E-state index < -0.39 is 10.0 Å². The SMILES string of the molecule is Cc1ccc(S(=O)(=O)N2CCC(C(=O)NCCOc3cccc4ccccc34)CC2)cc1. The van der Waals surface area contributed by atoms with Gasteiger partial charge in [-0.1, -0.05) is 54.1 Å². The van der Waals surface area contributed by atoms with Crippen LogP contribution in [0.25, 0.3) is 10.8 Å². The molecule has 6 nitrogen and oxygen atoms in total. The Bertz CT molecular complexity index is 1180. The van der Waals surface area contributed by atoms with Gasteiger partial charge in [0.1, 0.15) is 12.4 Å². The molecule has 0 spiro atoms. The molecule has 1 N–H and O–H groups in total. The summed E-state index contributed by atoms with van der Waals surface area (Å²) in [5.74, 6) is 0.572. The second-order valence-corrected chi connectivity index (χ2v) is 10.0. The number of ether oxygens (including phenoxy) is 1. The van der Waals surface area contributed by atoms with Crippen LogP contribution >= 0.6 is 0 Å². The number of aryl methyl sites for hydroxylation is 1. The maximum atomic E-state index is 12.8. The molecule has 7 heteroatoms.